The van der Waals surface area contributed by atoms with Crippen LogP contribution in [-0.4, -0.2) is 18.9 Å². The number of hydrogen-bond acceptors (Lipinski definition) is 6. The van der Waals surface area contributed by atoms with Gasteiger partial charge in [-0.3, -0.25) is 9.59 Å². The molecule has 0 aliphatic heterocycles. The third-order valence-electron chi connectivity index (χ3n) is 5.25. The Labute approximate surface area is 192 Å². The van der Waals surface area contributed by atoms with Gasteiger partial charge in [0.1, 0.15) is 28.2 Å². The van der Waals surface area contributed by atoms with Gasteiger partial charge in [-0.15, -0.1) is 0 Å². The summed E-state index contributed by atoms with van der Waals surface area (Å²) in [5.74, 6) is -0.840. The molecule has 0 unspecified atom stereocenters. The van der Waals surface area contributed by atoms with E-state index in [0.29, 0.717) is 33.4 Å². The van der Waals surface area contributed by atoms with Crippen LogP contribution in [0.2, 0.25) is 0 Å². The molecule has 0 saturated heterocycles. The predicted molar refractivity (Wildman–Crippen MR) is 128 cm³/mol. The number of para-hydroxylation sites is 2. The van der Waals surface area contributed by atoms with Crippen molar-refractivity contribution < 1.29 is 23.2 Å². The van der Waals surface area contributed by atoms with Crippen LogP contribution in [-0.2, 0) is 0 Å². The number of nitrogens with one attached hydrogen (secondary N) is 2. The molecule has 2 amide bonds. The lowest BCUT2D eigenvalue weighted by molar-refractivity contribution is 0.0999. The Morgan fingerprint density at radius 2 is 1.56 bits per heavy atom. The number of ether oxygens (including phenoxy) is 1. The maximum absolute atomic E-state index is 13.1. The lowest BCUT2D eigenvalue weighted by Gasteiger charge is -2.08. The topological polar surface area (TPSA) is 111 Å². The van der Waals surface area contributed by atoms with E-state index in [0.717, 1.165) is 0 Å². The zero-order chi connectivity index (χ0) is 23.7. The number of hydrogen-bond donors (Lipinski definition) is 2. The Morgan fingerprint density at radius 1 is 0.794 bits per heavy atom. The normalized spacial score (nSPS) is 10.9. The Bertz CT molecular complexity index is 1620. The summed E-state index contributed by atoms with van der Waals surface area (Å²) >= 11 is 0. The fourth-order valence-corrected chi connectivity index (χ4v) is 3.62. The number of carbonyl (C=O) groups excluding carboxylic acids is 2. The van der Waals surface area contributed by atoms with Crippen molar-refractivity contribution in [1.29, 1.82) is 0 Å². The second kappa shape index (κ2) is 8.59. The van der Waals surface area contributed by atoms with E-state index >= 15 is 0 Å². The highest BCUT2D eigenvalue weighted by Gasteiger charge is 2.24. The van der Waals surface area contributed by atoms with Crippen LogP contribution in [0.4, 0.5) is 11.4 Å². The summed E-state index contributed by atoms with van der Waals surface area (Å²) in [7, 11) is 1.52. The van der Waals surface area contributed by atoms with Crippen LogP contribution in [0.25, 0.3) is 21.9 Å². The van der Waals surface area contributed by atoms with E-state index in [-0.39, 0.29) is 17.0 Å². The molecule has 2 heterocycles. The van der Waals surface area contributed by atoms with Crippen molar-refractivity contribution in [3.05, 3.63) is 101 Å². The molecule has 2 aromatic heterocycles. The molecule has 5 rings (SSSR count). The fourth-order valence-electron chi connectivity index (χ4n) is 3.62. The number of benzene rings is 3. The molecule has 0 atom stereocenters. The molecule has 0 aliphatic carbocycles. The Morgan fingerprint density at radius 3 is 2.38 bits per heavy atom. The molecule has 0 fully saturated rings. The van der Waals surface area contributed by atoms with E-state index in [1.807, 2.05) is 0 Å². The van der Waals surface area contributed by atoms with E-state index < -0.39 is 17.4 Å². The molecular formula is C26H18N2O6. The fraction of sp³-hybridized carbons (Fsp3) is 0.0385. The molecule has 2 N–H and O–H groups in total. The first kappa shape index (κ1) is 21.0. The average molecular weight is 454 g/mol. The van der Waals surface area contributed by atoms with Gasteiger partial charge in [0.2, 0.25) is 5.76 Å². The smallest absolute Gasteiger partial charge is 0.349 e. The minimum atomic E-state index is -0.786. The largest absolute Gasteiger partial charge is 0.497 e. The lowest BCUT2D eigenvalue weighted by Crippen LogP contribution is -2.22. The standard InChI is InChI=1S/C26H18N2O6/c1-32-17-9-6-8-16(14-17)27-25(30)23-22(18-10-3-5-12-21(18)33-23)28-24(29)19-13-15-7-2-4-11-20(15)34-26(19)31/h2-14H,1H3,(H,27,30)(H,28,29). The molecular weight excluding hydrogens is 436 g/mol. The highest BCUT2D eigenvalue weighted by molar-refractivity contribution is 6.17. The molecule has 3 aromatic carbocycles. The molecule has 34 heavy (non-hydrogen) atoms. The van der Waals surface area contributed by atoms with Crippen LogP contribution in [0.15, 0.2) is 92.5 Å². The maximum Gasteiger partial charge on any atom is 0.349 e. The average Bonchev–Trinajstić information content (AvgIpc) is 3.22. The van der Waals surface area contributed by atoms with E-state index in [1.54, 1.807) is 72.8 Å². The Kier molecular flexibility index (Phi) is 5.31. The second-order valence-electron chi connectivity index (χ2n) is 7.43. The molecule has 168 valence electrons. The molecule has 0 spiro atoms. The van der Waals surface area contributed by atoms with Crippen molar-refractivity contribution in [3.63, 3.8) is 0 Å². The van der Waals surface area contributed by atoms with E-state index in [9.17, 15) is 14.4 Å². The Balaban J connectivity index is 1.52. The summed E-state index contributed by atoms with van der Waals surface area (Å²) in [6.45, 7) is 0. The van der Waals surface area contributed by atoms with Gasteiger partial charge in [0.25, 0.3) is 11.8 Å². The monoisotopic (exact) mass is 454 g/mol. The maximum atomic E-state index is 13.1. The van der Waals surface area contributed by atoms with Gasteiger partial charge < -0.3 is 24.2 Å². The number of amides is 2. The van der Waals surface area contributed by atoms with Crippen LogP contribution >= 0.6 is 0 Å². The lowest BCUT2D eigenvalue weighted by atomic mass is 10.1. The highest BCUT2D eigenvalue weighted by atomic mass is 16.5. The molecule has 8 nitrogen and oxygen atoms in total. The molecule has 8 heteroatoms. The van der Waals surface area contributed by atoms with Crippen LogP contribution < -0.4 is 21.0 Å². The van der Waals surface area contributed by atoms with Crippen LogP contribution in [0, 0.1) is 0 Å². The van der Waals surface area contributed by atoms with Crippen molar-refractivity contribution >= 4 is 45.1 Å². The minimum absolute atomic E-state index is 0.109. The number of fused-ring (bicyclic) bond motifs is 2. The number of carbonyl (C=O) groups is 2. The van der Waals surface area contributed by atoms with Crippen molar-refractivity contribution in [1.82, 2.24) is 0 Å². The third-order valence-corrected chi connectivity index (χ3v) is 5.25. The SMILES string of the molecule is COc1cccc(NC(=O)c2oc3ccccc3c2NC(=O)c2cc3ccccc3oc2=O)c1. The molecule has 0 bridgehead atoms. The van der Waals surface area contributed by atoms with Gasteiger partial charge in [0.15, 0.2) is 0 Å². The van der Waals surface area contributed by atoms with Crippen molar-refractivity contribution in [3.8, 4) is 5.75 Å². The number of anilines is 2. The quantitative estimate of drug-likeness (QED) is 0.360. The van der Waals surface area contributed by atoms with Gasteiger partial charge in [-0.2, -0.15) is 0 Å². The summed E-state index contributed by atoms with van der Waals surface area (Å²) in [5.41, 5.74) is 0.427. The van der Waals surface area contributed by atoms with Gasteiger partial charge in [0, 0.05) is 22.5 Å². The molecule has 0 aliphatic rings. The van der Waals surface area contributed by atoms with E-state index in [1.165, 1.54) is 13.2 Å². The van der Waals surface area contributed by atoms with Gasteiger partial charge >= 0.3 is 5.63 Å². The van der Waals surface area contributed by atoms with E-state index in [4.69, 9.17) is 13.6 Å². The molecule has 5 aromatic rings. The van der Waals surface area contributed by atoms with Crippen LogP contribution in [0.5, 0.6) is 5.75 Å². The zero-order valence-corrected chi connectivity index (χ0v) is 18.0. The van der Waals surface area contributed by atoms with Gasteiger partial charge in [-0.05, 0) is 36.4 Å². The zero-order valence-electron chi connectivity index (χ0n) is 18.0. The first-order chi connectivity index (χ1) is 16.5. The summed E-state index contributed by atoms with van der Waals surface area (Å²) in [6.07, 6.45) is 0. The van der Waals surface area contributed by atoms with Gasteiger partial charge in [-0.25, -0.2) is 4.79 Å². The molecule has 0 saturated carbocycles. The van der Waals surface area contributed by atoms with Crippen molar-refractivity contribution in [2.75, 3.05) is 17.7 Å². The predicted octanol–water partition coefficient (Wildman–Crippen LogP) is 5.05. The van der Waals surface area contributed by atoms with Gasteiger partial charge in [-0.1, -0.05) is 36.4 Å². The van der Waals surface area contributed by atoms with E-state index in [2.05, 4.69) is 10.6 Å². The van der Waals surface area contributed by atoms with Crippen LogP contribution in [0.1, 0.15) is 20.9 Å². The first-order valence-corrected chi connectivity index (χ1v) is 10.3. The number of methoxy groups -OCH3 is 1. The van der Waals surface area contributed by atoms with Crippen LogP contribution in [0.3, 0.4) is 0 Å². The highest BCUT2D eigenvalue weighted by Crippen LogP contribution is 2.32. The molecule has 0 radical (unpaired) electrons. The minimum Gasteiger partial charge on any atom is -0.497 e. The number of rotatable bonds is 5. The van der Waals surface area contributed by atoms with Crippen molar-refractivity contribution in [2.45, 2.75) is 0 Å². The third kappa shape index (κ3) is 3.88. The Hall–Kier alpha value is -4.85. The summed E-state index contributed by atoms with van der Waals surface area (Å²) in [5, 5.41) is 6.51. The summed E-state index contributed by atoms with van der Waals surface area (Å²) < 4.78 is 16.2. The second-order valence-corrected chi connectivity index (χ2v) is 7.43. The summed E-state index contributed by atoms with van der Waals surface area (Å²) in [6, 6.07) is 22.0. The summed E-state index contributed by atoms with van der Waals surface area (Å²) in [4.78, 5) is 38.6. The van der Waals surface area contributed by atoms with Crippen molar-refractivity contribution in [2.24, 2.45) is 0 Å². The first-order valence-electron chi connectivity index (χ1n) is 10.3. The number of furan rings is 1. The van der Waals surface area contributed by atoms with Gasteiger partial charge in [0.05, 0.1) is 7.11 Å².